The predicted molar refractivity (Wildman–Crippen MR) is 95.6 cm³/mol. The van der Waals surface area contributed by atoms with Gasteiger partial charge in [0, 0.05) is 34.1 Å². The lowest BCUT2D eigenvalue weighted by Gasteiger charge is -2.07. The number of carbonyl (C=O) groups is 2. The summed E-state index contributed by atoms with van der Waals surface area (Å²) in [5, 5.41) is 20.6. The van der Waals surface area contributed by atoms with Crippen molar-refractivity contribution < 1.29 is 14.7 Å². The molecule has 0 saturated carbocycles. The van der Waals surface area contributed by atoms with Crippen LogP contribution in [0.3, 0.4) is 0 Å². The van der Waals surface area contributed by atoms with Crippen LogP contribution in [0.25, 0.3) is 0 Å². The molecule has 2 N–H and O–H groups in total. The lowest BCUT2D eigenvalue weighted by Crippen LogP contribution is -2.21. The van der Waals surface area contributed by atoms with Gasteiger partial charge in [-0.05, 0) is 18.2 Å². The van der Waals surface area contributed by atoms with Crippen LogP contribution < -0.4 is 5.32 Å². The Hall–Kier alpha value is -2.84. The van der Waals surface area contributed by atoms with Crippen molar-refractivity contribution in [3.05, 3.63) is 64.0 Å². The maximum Gasteiger partial charge on any atom is 0.325 e. The van der Waals surface area contributed by atoms with E-state index in [9.17, 15) is 9.59 Å². The number of amides is 1. The highest BCUT2D eigenvalue weighted by atomic mass is 35.5. The quantitative estimate of drug-likeness (QED) is 0.670. The largest absolute Gasteiger partial charge is 0.480 e. The number of carboxylic acid groups (broad SMARTS) is 1. The van der Waals surface area contributed by atoms with Gasteiger partial charge in [-0.25, -0.2) is 4.68 Å². The molecule has 0 atom stereocenters. The van der Waals surface area contributed by atoms with Crippen LogP contribution in [0.1, 0.15) is 16.1 Å². The van der Waals surface area contributed by atoms with Gasteiger partial charge in [-0.1, -0.05) is 29.3 Å². The maximum atomic E-state index is 12.3. The van der Waals surface area contributed by atoms with Crippen LogP contribution in [-0.4, -0.2) is 36.5 Å². The molecule has 10 heteroatoms. The van der Waals surface area contributed by atoms with Gasteiger partial charge < -0.3 is 10.4 Å². The number of benzene rings is 1. The van der Waals surface area contributed by atoms with E-state index in [1.807, 2.05) is 0 Å². The first-order chi connectivity index (χ1) is 12.4. The number of hydrogen-bond donors (Lipinski definition) is 2. The van der Waals surface area contributed by atoms with E-state index in [0.29, 0.717) is 22.4 Å². The molecule has 134 valence electrons. The van der Waals surface area contributed by atoms with Crippen molar-refractivity contribution >= 4 is 40.9 Å². The number of aromatic nitrogens is 4. The van der Waals surface area contributed by atoms with Crippen LogP contribution in [0, 0.1) is 0 Å². The fraction of sp³-hybridized carbons (Fsp3) is 0.125. The molecule has 0 saturated heterocycles. The second-order valence-electron chi connectivity index (χ2n) is 5.32. The molecular weight excluding hydrogens is 381 g/mol. The molecule has 26 heavy (non-hydrogen) atoms. The normalized spacial score (nSPS) is 10.7. The van der Waals surface area contributed by atoms with E-state index in [4.69, 9.17) is 28.3 Å². The smallest absolute Gasteiger partial charge is 0.325 e. The van der Waals surface area contributed by atoms with Gasteiger partial charge in [-0.15, -0.1) is 0 Å². The van der Waals surface area contributed by atoms with E-state index in [2.05, 4.69) is 15.5 Å². The predicted octanol–water partition coefficient (Wildman–Crippen LogP) is 2.77. The lowest BCUT2D eigenvalue weighted by molar-refractivity contribution is -0.137. The molecule has 0 aliphatic carbocycles. The summed E-state index contributed by atoms with van der Waals surface area (Å²) in [6.07, 6.45) is 3.03. The average Bonchev–Trinajstić information content (AvgIpc) is 3.20. The second kappa shape index (κ2) is 7.59. The standard InChI is InChI=1S/C16H13Cl2N5O3/c17-11-2-1-3-12(18)10(11)8-22-7-5-14(21-22)20-16(26)13-4-6-19-23(13)9-15(24)25/h1-7H,8-9H2,(H,24,25)(H,20,21,26). The third-order valence-electron chi connectivity index (χ3n) is 3.50. The zero-order valence-corrected chi connectivity index (χ0v) is 14.8. The van der Waals surface area contributed by atoms with E-state index in [1.54, 1.807) is 35.1 Å². The van der Waals surface area contributed by atoms with E-state index < -0.39 is 18.4 Å². The first-order valence-corrected chi connectivity index (χ1v) is 8.21. The van der Waals surface area contributed by atoms with E-state index in [1.165, 1.54) is 12.3 Å². The van der Waals surface area contributed by atoms with Gasteiger partial charge in [0.15, 0.2) is 5.82 Å². The van der Waals surface area contributed by atoms with Gasteiger partial charge in [0.2, 0.25) is 0 Å². The van der Waals surface area contributed by atoms with Gasteiger partial charge in [-0.3, -0.25) is 14.3 Å². The van der Waals surface area contributed by atoms with Crippen molar-refractivity contribution in [2.75, 3.05) is 5.32 Å². The van der Waals surface area contributed by atoms with Gasteiger partial charge in [0.05, 0.1) is 6.54 Å². The number of halogens is 2. The number of carbonyl (C=O) groups excluding carboxylic acids is 1. The van der Waals surface area contributed by atoms with Crippen LogP contribution in [-0.2, 0) is 17.9 Å². The van der Waals surface area contributed by atoms with E-state index >= 15 is 0 Å². The Balaban J connectivity index is 1.72. The molecule has 1 amide bonds. The summed E-state index contributed by atoms with van der Waals surface area (Å²) in [5.74, 6) is -1.30. The molecule has 0 aliphatic heterocycles. The van der Waals surface area contributed by atoms with Crippen LogP contribution >= 0.6 is 23.2 Å². The van der Waals surface area contributed by atoms with Crippen molar-refractivity contribution in [2.24, 2.45) is 0 Å². The number of aliphatic carboxylic acids is 1. The van der Waals surface area contributed by atoms with Crippen molar-refractivity contribution in [2.45, 2.75) is 13.1 Å². The maximum absolute atomic E-state index is 12.3. The van der Waals surface area contributed by atoms with Gasteiger partial charge in [0.1, 0.15) is 12.2 Å². The number of rotatable bonds is 6. The molecule has 0 bridgehead atoms. The Labute approximate surface area is 157 Å². The minimum absolute atomic E-state index is 0.121. The molecule has 0 fully saturated rings. The Morgan fingerprint density at radius 2 is 1.88 bits per heavy atom. The molecule has 3 rings (SSSR count). The first kappa shape index (κ1) is 18.0. The molecule has 0 aliphatic rings. The summed E-state index contributed by atoms with van der Waals surface area (Å²) in [7, 11) is 0. The molecule has 0 radical (unpaired) electrons. The van der Waals surface area contributed by atoms with Crippen molar-refractivity contribution in [3.8, 4) is 0 Å². The number of carboxylic acids is 1. The van der Waals surface area contributed by atoms with E-state index in [-0.39, 0.29) is 5.69 Å². The highest BCUT2D eigenvalue weighted by Gasteiger charge is 2.15. The third kappa shape index (κ3) is 4.04. The van der Waals surface area contributed by atoms with Crippen LogP contribution in [0.15, 0.2) is 42.7 Å². The first-order valence-electron chi connectivity index (χ1n) is 7.45. The SMILES string of the molecule is O=C(O)Cn1nccc1C(=O)Nc1ccn(Cc2c(Cl)cccc2Cl)n1. The molecule has 3 aromatic rings. The molecule has 2 heterocycles. The second-order valence-corrected chi connectivity index (χ2v) is 6.14. The minimum Gasteiger partial charge on any atom is -0.480 e. The minimum atomic E-state index is -1.09. The lowest BCUT2D eigenvalue weighted by atomic mass is 10.2. The summed E-state index contributed by atoms with van der Waals surface area (Å²) in [6, 6.07) is 8.26. The number of nitrogens with zero attached hydrogens (tertiary/aromatic N) is 4. The highest BCUT2D eigenvalue weighted by molar-refractivity contribution is 6.35. The molecule has 1 aromatic carbocycles. The highest BCUT2D eigenvalue weighted by Crippen LogP contribution is 2.25. The number of hydrogen-bond acceptors (Lipinski definition) is 4. The zero-order chi connectivity index (χ0) is 18.7. The topological polar surface area (TPSA) is 102 Å². The van der Waals surface area contributed by atoms with Crippen molar-refractivity contribution in [1.82, 2.24) is 19.6 Å². The summed E-state index contributed by atoms with van der Waals surface area (Å²) in [6.45, 7) is -0.0689. The summed E-state index contributed by atoms with van der Waals surface area (Å²) in [4.78, 5) is 23.1. The summed E-state index contributed by atoms with van der Waals surface area (Å²) in [5.41, 5.74) is 0.840. The fourth-order valence-corrected chi connectivity index (χ4v) is 2.84. The monoisotopic (exact) mass is 393 g/mol. The van der Waals surface area contributed by atoms with Gasteiger partial charge >= 0.3 is 5.97 Å². The summed E-state index contributed by atoms with van der Waals surface area (Å²) < 4.78 is 2.68. The Bertz CT molecular complexity index is 946. The average molecular weight is 394 g/mol. The van der Waals surface area contributed by atoms with Crippen LogP contribution in [0.4, 0.5) is 5.82 Å². The van der Waals surface area contributed by atoms with Gasteiger partial charge in [-0.2, -0.15) is 10.2 Å². The van der Waals surface area contributed by atoms with Crippen molar-refractivity contribution in [3.63, 3.8) is 0 Å². The Morgan fingerprint density at radius 1 is 1.15 bits per heavy atom. The van der Waals surface area contributed by atoms with Crippen molar-refractivity contribution in [1.29, 1.82) is 0 Å². The zero-order valence-electron chi connectivity index (χ0n) is 13.3. The van der Waals surface area contributed by atoms with E-state index in [0.717, 1.165) is 10.2 Å². The molecule has 0 unspecified atom stereocenters. The van der Waals surface area contributed by atoms with Crippen LogP contribution in [0.2, 0.25) is 10.0 Å². The van der Waals surface area contributed by atoms with Gasteiger partial charge in [0.25, 0.3) is 5.91 Å². The summed E-state index contributed by atoms with van der Waals surface area (Å²) >= 11 is 12.3. The fourth-order valence-electron chi connectivity index (χ4n) is 2.32. The third-order valence-corrected chi connectivity index (χ3v) is 4.21. The molecular formula is C16H13Cl2N5O3. The molecule has 2 aromatic heterocycles. The molecule has 8 nitrogen and oxygen atoms in total. The molecule has 0 spiro atoms. The number of nitrogens with one attached hydrogen (secondary N) is 1. The Morgan fingerprint density at radius 3 is 2.58 bits per heavy atom. The number of anilines is 1. The van der Waals surface area contributed by atoms with Crippen LogP contribution in [0.5, 0.6) is 0 Å². The Kier molecular flexibility index (Phi) is 5.24.